The lowest BCUT2D eigenvalue weighted by Crippen LogP contribution is -2.38. The lowest BCUT2D eigenvalue weighted by atomic mass is 9.91. The van der Waals surface area contributed by atoms with Gasteiger partial charge in [-0.3, -0.25) is 0 Å². The molecule has 2 atom stereocenters. The van der Waals surface area contributed by atoms with Crippen LogP contribution in [0, 0.1) is 0 Å². The van der Waals surface area contributed by atoms with Crippen molar-refractivity contribution >= 4 is 44.1 Å². The smallest absolute Gasteiger partial charge is 0.225 e. The molecule has 2 aromatic carbocycles. The normalized spacial score (nSPS) is 19.0. The number of hydrogen-bond acceptors (Lipinski definition) is 6. The maximum Gasteiger partial charge on any atom is 0.225 e. The maximum absolute atomic E-state index is 4.83. The summed E-state index contributed by atoms with van der Waals surface area (Å²) in [6, 6.07) is 17.8. The number of nitrogens with zero attached hydrogens (tertiary/aromatic N) is 3. The zero-order chi connectivity index (χ0) is 21.2. The van der Waals surface area contributed by atoms with Gasteiger partial charge in [0.1, 0.15) is 5.82 Å². The Morgan fingerprint density at radius 2 is 1.74 bits per heavy atom. The molecular formula is C25H29N5S. The molecule has 0 amide bonds. The van der Waals surface area contributed by atoms with Crippen molar-refractivity contribution < 1.29 is 0 Å². The van der Waals surface area contributed by atoms with Gasteiger partial charge in [0.25, 0.3) is 0 Å². The summed E-state index contributed by atoms with van der Waals surface area (Å²) in [4.78, 5) is 11.7. The Bertz CT molecular complexity index is 1180. The van der Waals surface area contributed by atoms with Gasteiger partial charge in [-0.2, -0.15) is 4.98 Å². The molecule has 2 N–H and O–H groups in total. The van der Waals surface area contributed by atoms with Crippen molar-refractivity contribution in [3.05, 3.63) is 59.5 Å². The SMILES string of the molecule is CN(C)c1nc(N[C@H]2CCC[C@H](NCc3csc4ccccc34)C2)nc2ccccc12. The fraction of sp³-hybridized carbons (Fsp3) is 0.360. The minimum absolute atomic E-state index is 0.390. The molecule has 2 heterocycles. The highest BCUT2D eigenvalue weighted by Gasteiger charge is 2.23. The first-order chi connectivity index (χ1) is 15.2. The third-order valence-corrected chi connectivity index (χ3v) is 7.17. The van der Waals surface area contributed by atoms with Crippen molar-refractivity contribution in [2.75, 3.05) is 24.3 Å². The molecule has 5 rings (SSSR count). The van der Waals surface area contributed by atoms with Crippen molar-refractivity contribution in [3.63, 3.8) is 0 Å². The minimum atomic E-state index is 0.390. The van der Waals surface area contributed by atoms with Gasteiger partial charge in [-0.25, -0.2) is 4.98 Å². The van der Waals surface area contributed by atoms with E-state index in [0.717, 1.165) is 42.1 Å². The summed E-state index contributed by atoms with van der Waals surface area (Å²) in [6.07, 6.45) is 4.69. The Morgan fingerprint density at radius 1 is 0.968 bits per heavy atom. The van der Waals surface area contributed by atoms with E-state index in [1.165, 1.54) is 28.5 Å². The molecule has 0 bridgehead atoms. The Labute approximate surface area is 187 Å². The van der Waals surface area contributed by atoms with Crippen LogP contribution in [0.25, 0.3) is 21.0 Å². The van der Waals surface area contributed by atoms with Gasteiger partial charge in [0, 0.05) is 42.8 Å². The predicted molar refractivity (Wildman–Crippen MR) is 132 cm³/mol. The van der Waals surface area contributed by atoms with E-state index in [1.54, 1.807) is 0 Å². The minimum Gasteiger partial charge on any atom is -0.362 e. The van der Waals surface area contributed by atoms with E-state index in [-0.39, 0.29) is 0 Å². The first-order valence-electron chi connectivity index (χ1n) is 11.1. The molecule has 0 saturated heterocycles. The van der Waals surface area contributed by atoms with Gasteiger partial charge in [-0.05, 0) is 60.2 Å². The van der Waals surface area contributed by atoms with Crippen LogP contribution in [0.15, 0.2) is 53.9 Å². The lowest BCUT2D eigenvalue weighted by molar-refractivity contribution is 0.350. The molecule has 6 heteroatoms. The number of rotatable bonds is 6. The van der Waals surface area contributed by atoms with Crippen molar-refractivity contribution in [1.29, 1.82) is 0 Å². The van der Waals surface area contributed by atoms with E-state index in [0.29, 0.717) is 12.1 Å². The highest BCUT2D eigenvalue weighted by atomic mass is 32.1. The van der Waals surface area contributed by atoms with Gasteiger partial charge in [-0.1, -0.05) is 30.3 Å². The number of hydrogen-bond donors (Lipinski definition) is 2. The molecule has 1 fully saturated rings. The number of fused-ring (bicyclic) bond motifs is 2. The van der Waals surface area contributed by atoms with E-state index in [1.807, 2.05) is 37.6 Å². The fourth-order valence-corrected chi connectivity index (χ4v) is 5.54. The molecule has 1 aliphatic rings. The van der Waals surface area contributed by atoms with Gasteiger partial charge < -0.3 is 15.5 Å². The van der Waals surface area contributed by atoms with Crippen molar-refractivity contribution in [1.82, 2.24) is 15.3 Å². The van der Waals surface area contributed by atoms with E-state index in [9.17, 15) is 0 Å². The molecule has 1 saturated carbocycles. The van der Waals surface area contributed by atoms with E-state index >= 15 is 0 Å². The molecule has 5 nitrogen and oxygen atoms in total. The number of nitrogens with one attached hydrogen (secondary N) is 2. The van der Waals surface area contributed by atoms with Crippen LogP contribution in [0.5, 0.6) is 0 Å². The molecule has 0 spiro atoms. The van der Waals surface area contributed by atoms with Gasteiger partial charge in [0.05, 0.1) is 5.52 Å². The van der Waals surface area contributed by atoms with Gasteiger partial charge in [0.15, 0.2) is 0 Å². The molecule has 0 radical (unpaired) electrons. The number of anilines is 2. The molecule has 1 aliphatic carbocycles. The molecule has 31 heavy (non-hydrogen) atoms. The maximum atomic E-state index is 4.83. The Hall–Kier alpha value is -2.70. The summed E-state index contributed by atoms with van der Waals surface area (Å²) in [6.45, 7) is 0.929. The van der Waals surface area contributed by atoms with E-state index in [2.05, 4.69) is 57.3 Å². The van der Waals surface area contributed by atoms with Crippen LogP contribution >= 0.6 is 11.3 Å². The van der Waals surface area contributed by atoms with E-state index < -0.39 is 0 Å². The second-order valence-electron chi connectivity index (χ2n) is 8.63. The van der Waals surface area contributed by atoms with Crippen LogP contribution in [0.1, 0.15) is 31.2 Å². The summed E-state index contributed by atoms with van der Waals surface area (Å²) in [5.74, 6) is 1.69. The van der Waals surface area contributed by atoms with Gasteiger partial charge in [0.2, 0.25) is 5.95 Å². The van der Waals surface area contributed by atoms with Crippen LogP contribution in [0.2, 0.25) is 0 Å². The predicted octanol–water partition coefficient (Wildman–Crippen LogP) is 5.42. The first-order valence-corrected chi connectivity index (χ1v) is 11.9. The molecule has 160 valence electrons. The standard InChI is InChI=1S/C25H29N5S/c1-30(2)24-21-11-3-5-12-22(21)28-25(29-24)27-19-9-7-8-18(14-19)26-15-17-16-31-23-13-6-4-10-20(17)23/h3-6,10-13,16,18-19,26H,7-9,14-15H2,1-2H3,(H,27,28,29)/t18-,19-/m0/s1. The lowest BCUT2D eigenvalue weighted by Gasteiger charge is -2.30. The topological polar surface area (TPSA) is 53.1 Å². The highest BCUT2D eigenvalue weighted by molar-refractivity contribution is 7.17. The van der Waals surface area contributed by atoms with Gasteiger partial charge >= 0.3 is 0 Å². The third kappa shape index (κ3) is 4.36. The largest absolute Gasteiger partial charge is 0.362 e. The third-order valence-electron chi connectivity index (χ3n) is 6.16. The molecular weight excluding hydrogens is 402 g/mol. The number of para-hydroxylation sites is 1. The van der Waals surface area contributed by atoms with E-state index in [4.69, 9.17) is 9.97 Å². The average Bonchev–Trinajstić information content (AvgIpc) is 3.20. The van der Waals surface area contributed by atoms with Crippen molar-refractivity contribution in [3.8, 4) is 0 Å². The Morgan fingerprint density at radius 3 is 2.61 bits per heavy atom. The molecule has 0 unspecified atom stereocenters. The first kappa shape index (κ1) is 20.2. The van der Waals surface area contributed by atoms with Gasteiger partial charge in [-0.15, -0.1) is 11.3 Å². The number of benzene rings is 2. The highest BCUT2D eigenvalue weighted by Crippen LogP contribution is 2.28. The van der Waals surface area contributed by atoms with Crippen LogP contribution in [0.4, 0.5) is 11.8 Å². The van der Waals surface area contributed by atoms with Crippen LogP contribution in [-0.2, 0) is 6.54 Å². The monoisotopic (exact) mass is 431 g/mol. The van der Waals surface area contributed by atoms with Crippen LogP contribution in [-0.4, -0.2) is 36.1 Å². The summed E-state index contributed by atoms with van der Waals surface area (Å²) in [7, 11) is 4.07. The average molecular weight is 432 g/mol. The second kappa shape index (κ2) is 8.81. The zero-order valence-corrected chi connectivity index (χ0v) is 19.0. The molecule has 4 aromatic rings. The summed E-state index contributed by atoms with van der Waals surface area (Å²) < 4.78 is 1.37. The Balaban J connectivity index is 1.26. The summed E-state index contributed by atoms with van der Waals surface area (Å²) in [5, 5.41) is 12.2. The van der Waals surface area contributed by atoms with Crippen LogP contribution < -0.4 is 15.5 Å². The molecule has 2 aromatic heterocycles. The summed E-state index contributed by atoms with van der Waals surface area (Å²) >= 11 is 1.83. The Kier molecular flexibility index (Phi) is 5.74. The number of aromatic nitrogens is 2. The zero-order valence-electron chi connectivity index (χ0n) is 18.1. The molecule has 0 aliphatic heterocycles. The fourth-order valence-electron chi connectivity index (χ4n) is 4.58. The second-order valence-corrected chi connectivity index (χ2v) is 9.54. The van der Waals surface area contributed by atoms with Crippen LogP contribution in [0.3, 0.4) is 0 Å². The quantitative estimate of drug-likeness (QED) is 0.427. The van der Waals surface area contributed by atoms with Crippen molar-refractivity contribution in [2.24, 2.45) is 0 Å². The summed E-state index contributed by atoms with van der Waals surface area (Å²) in [5.41, 5.74) is 2.39. The van der Waals surface area contributed by atoms with Crippen molar-refractivity contribution in [2.45, 2.75) is 44.3 Å². The number of thiophene rings is 1.